The van der Waals surface area contributed by atoms with Crippen LogP contribution in [0.2, 0.25) is 0 Å². The molecule has 0 radical (unpaired) electrons. The van der Waals surface area contributed by atoms with Crippen molar-refractivity contribution in [2.45, 2.75) is 25.3 Å². The van der Waals surface area contributed by atoms with Crippen LogP contribution in [-0.2, 0) is 11.3 Å². The number of benzene rings is 1. The SMILES string of the molecule is O=C(Cn1cccn1)N1CCC[C@H](c2nccnc2Oc2ccc(F)cc2)C1. The van der Waals surface area contributed by atoms with Crippen LogP contribution in [-0.4, -0.2) is 43.6 Å². The first-order chi connectivity index (χ1) is 13.7. The third-order valence-corrected chi connectivity index (χ3v) is 4.74. The Kier molecular flexibility index (Phi) is 5.27. The summed E-state index contributed by atoms with van der Waals surface area (Å²) in [7, 11) is 0. The summed E-state index contributed by atoms with van der Waals surface area (Å²) in [6.45, 7) is 1.49. The Hall–Kier alpha value is -3.29. The van der Waals surface area contributed by atoms with Gasteiger partial charge in [0, 0.05) is 43.8 Å². The summed E-state index contributed by atoms with van der Waals surface area (Å²) in [4.78, 5) is 23.2. The van der Waals surface area contributed by atoms with Crippen molar-refractivity contribution in [1.29, 1.82) is 0 Å². The summed E-state index contributed by atoms with van der Waals surface area (Å²) >= 11 is 0. The van der Waals surface area contributed by atoms with E-state index < -0.39 is 0 Å². The van der Waals surface area contributed by atoms with E-state index >= 15 is 0 Å². The normalized spacial score (nSPS) is 16.8. The van der Waals surface area contributed by atoms with E-state index in [1.165, 1.54) is 12.1 Å². The van der Waals surface area contributed by atoms with Crippen molar-refractivity contribution in [1.82, 2.24) is 24.6 Å². The van der Waals surface area contributed by atoms with E-state index in [1.807, 2.05) is 4.90 Å². The number of carbonyl (C=O) groups excluding carboxylic acids is 1. The molecule has 0 saturated carbocycles. The van der Waals surface area contributed by atoms with Crippen LogP contribution in [0, 0.1) is 5.82 Å². The third kappa shape index (κ3) is 4.16. The Balaban J connectivity index is 1.49. The predicted octanol–water partition coefficient (Wildman–Crippen LogP) is 3.01. The first-order valence-electron chi connectivity index (χ1n) is 9.18. The van der Waals surface area contributed by atoms with Crippen LogP contribution in [0.15, 0.2) is 55.1 Å². The fourth-order valence-corrected chi connectivity index (χ4v) is 3.37. The van der Waals surface area contributed by atoms with E-state index in [0.29, 0.717) is 30.4 Å². The number of aromatic nitrogens is 4. The van der Waals surface area contributed by atoms with Crippen LogP contribution in [0.1, 0.15) is 24.5 Å². The van der Waals surface area contributed by atoms with Gasteiger partial charge in [0.15, 0.2) is 0 Å². The molecule has 28 heavy (non-hydrogen) atoms. The molecule has 4 rings (SSSR count). The lowest BCUT2D eigenvalue weighted by Gasteiger charge is -2.32. The maximum absolute atomic E-state index is 13.1. The van der Waals surface area contributed by atoms with Crippen molar-refractivity contribution in [3.8, 4) is 11.6 Å². The molecule has 7 nitrogen and oxygen atoms in total. The van der Waals surface area contributed by atoms with Crippen LogP contribution >= 0.6 is 0 Å². The molecule has 1 aliphatic heterocycles. The Morgan fingerprint density at radius 1 is 1.18 bits per heavy atom. The van der Waals surface area contributed by atoms with Crippen LogP contribution < -0.4 is 4.74 Å². The number of likely N-dealkylation sites (tertiary alicyclic amines) is 1. The van der Waals surface area contributed by atoms with Crippen molar-refractivity contribution >= 4 is 5.91 Å². The lowest BCUT2D eigenvalue weighted by molar-refractivity contribution is -0.133. The second-order valence-electron chi connectivity index (χ2n) is 6.69. The second kappa shape index (κ2) is 8.16. The zero-order valence-electron chi connectivity index (χ0n) is 15.2. The summed E-state index contributed by atoms with van der Waals surface area (Å²) in [5, 5.41) is 4.10. The standard InChI is InChI=1S/C20H20FN5O2/c21-16-4-6-17(7-5-16)28-20-19(22-9-10-23-20)15-3-1-11-25(13-15)18(27)14-26-12-2-8-24-26/h2,4-10,12,15H,1,3,11,13-14H2/t15-/m0/s1. The van der Waals surface area contributed by atoms with E-state index in [-0.39, 0.29) is 24.2 Å². The molecule has 1 saturated heterocycles. The average Bonchev–Trinajstić information content (AvgIpc) is 3.23. The summed E-state index contributed by atoms with van der Waals surface area (Å²) < 4.78 is 20.6. The highest BCUT2D eigenvalue weighted by molar-refractivity contribution is 5.76. The number of rotatable bonds is 5. The van der Waals surface area contributed by atoms with E-state index in [0.717, 1.165) is 12.8 Å². The molecule has 2 aromatic heterocycles. The monoisotopic (exact) mass is 381 g/mol. The van der Waals surface area contributed by atoms with E-state index in [1.54, 1.807) is 47.7 Å². The Labute approximate surface area is 161 Å². The molecule has 1 fully saturated rings. The predicted molar refractivity (Wildman–Crippen MR) is 99.3 cm³/mol. The van der Waals surface area contributed by atoms with E-state index in [9.17, 15) is 9.18 Å². The molecule has 0 N–H and O–H groups in total. The van der Waals surface area contributed by atoms with Crippen molar-refractivity contribution in [3.63, 3.8) is 0 Å². The molecule has 3 aromatic rings. The summed E-state index contributed by atoms with van der Waals surface area (Å²) in [6, 6.07) is 7.57. The van der Waals surface area contributed by atoms with Crippen molar-refractivity contribution in [2.75, 3.05) is 13.1 Å². The molecule has 0 spiro atoms. The minimum Gasteiger partial charge on any atom is -0.437 e. The topological polar surface area (TPSA) is 73.1 Å². The number of halogens is 1. The van der Waals surface area contributed by atoms with Gasteiger partial charge in [-0.15, -0.1) is 0 Å². The zero-order valence-corrected chi connectivity index (χ0v) is 15.2. The lowest BCUT2D eigenvalue weighted by Crippen LogP contribution is -2.41. The van der Waals surface area contributed by atoms with Crippen LogP contribution in [0.5, 0.6) is 11.6 Å². The van der Waals surface area contributed by atoms with Gasteiger partial charge in [0.2, 0.25) is 11.8 Å². The van der Waals surface area contributed by atoms with Gasteiger partial charge < -0.3 is 9.64 Å². The quantitative estimate of drug-likeness (QED) is 0.679. The minimum atomic E-state index is -0.328. The van der Waals surface area contributed by atoms with Gasteiger partial charge in [-0.1, -0.05) is 0 Å². The Bertz CT molecular complexity index is 930. The largest absolute Gasteiger partial charge is 0.437 e. The maximum atomic E-state index is 13.1. The fraction of sp³-hybridized carbons (Fsp3) is 0.300. The minimum absolute atomic E-state index is 0.0262. The first kappa shape index (κ1) is 18.1. The summed E-state index contributed by atoms with van der Waals surface area (Å²) in [5.74, 6) is 0.606. The second-order valence-corrected chi connectivity index (χ2v) is 6.69. The number of hydrogen-bond donors (Lipinski definition) is 0. The van der Waals surface area contributed by atoms with Crippen LogP contribution in [0.3, 0.4) is 0 Å². The third-order valence-electron chi connectivity index (χ3n) is 4.74. The van der Waals surface area contributed by atoms with Gasteiger partial charge in [-0.25, -0.2) is 9.37 Å². The molecule has 144 valence electrons. The zero-order chi connectivity index (χ0) is 19.3. The van der Waals surface area contributed by atoms with Gasteiger partial charge in [-0.05, 0) is 43.2 Å². The molecule has 8 heteroatoms. The van der Waals surface area contributed by atoms with Crippen molar-refractivity contribution in [2.24, 2.45) is 0 Å². The highest BCUT2D eigenvalue weighted by Gasteiger charge is 2.28. The van der Waals surface area contributed by atoms with Crippen LogP contribution in [0.4, 0.5) is 4.39 Å². The maximum Gasteiger partial charge on any atom is 0.244 e. The molecular formula is C20H20FN5O2. The van der Waals surface area contributed by atoms with Crippen LogP contribution in [0.25, 0.3) is 0 Å². The molecule has 1 aromatic carbocycles. The number of ether oxygens (including phenoxy) is 1. The fourth-order valence-electron chi connectivity index (χ4n) is 3.37. The van der Waals surface area contributed by atoms with E-state index in [2.05, 4.69) is 15.1 Å². The highest BCUT2D eigenvalue weighted by Crippen LogP contribution is 2.32. The number of piperidine rings is 1. The van der Waals surface area contributed by atoms with Gasteiger partial charge in [0.05, 0.1) is 0 Å². The molecular weight excluding hydrogens is 361 g/mol. The summed E-state index contributed by atoms with van der Waals surface area (Å²) in [6.07, 6.45) is 8.39. The Morgan fingerprint density at radius 3 is 2.79 bits per heavy atom. The first-order valence-corrected chi connectivity index (χ1v) is 9.18. The van der Waals surface area contributed by atoms with Gasteiger partial charge in [0.25, 0.3) is 0 Å². The molecule has 1 amide bonds. The molecule has 1 atom stereocenters. The smallest absolute Gasteiger partial charge is 0.244 e. The Morgan fingerprint density at radius 2 is 2.00 bits per heavy atom. The molecule has 3 heterocycles. The molecule has 1 aliphatic rings. The highest BCUT2D eigenvalue weighted by atomic mass is 19.1. The van der Waals surface area contributed by atoms with E-state index in [4.69, 9.17) is 4.74 Å². The van der Waals surface area contributed by atoms with Gasteiger partial charge in [-0.2, -0.15) is 5.10 Å². The van der Waals surface area contributed by atoms with Gasteiger partial charge in [-0.3, -0.25) is 14.5 Å². The molecule has 0 aliphatic carbocycles. The number of carbonyl (C=O) groups is 1. The molecule has 0 bridgehead atoms. The van der Waals surface area contributed by atoms with Gasteiger partial charge >= 0.3 is 0 Å². The summed E-state index contributed by atoms with van der Waals surface area (Å²) in [5.41, 5.74) is 0.711. The van der Waals surface area contributed by atoms with Crippen molar-refractivity contribution < 1.29 is 13.9 Å². The number of hydrogen-bond acceptors (Lipinski definition) is 5. The van der Waals surface area contributed by atoms with Gasteiger partial charge in [0.1, 0.15) is 23.8 Å². The average molecular weight is 381 g/mol. The van der Waals surface area contributed by atoms with Crippen molar-refractivity contribution in [3.05, 3.63) is 66.6 Å². The number of nitrogens with zero attached hydrogens (tertiary/aromatic N) is 5. The molecule has 0 unspecified atom stereocenters. The number of amides is 1. The lowest BCUT2D eigenvalue weighted by atomic mass is 9.94.